The van der Waals surface area contributed by atoms with Crippen molar-refractivity contribution in [2.75, 3.05) is 17.2 Å². The van der Waals surface area contributed by atoms with Gasteiger partial charge in [-0.15, -0.1) is 0 Å². The van der Waals surface area contributed by atoms with Crippen LogP contribution in [0.15, 0.2) is 72.2 Å². The molecule has 0 unspecified atom stereocenters. The van der Waals surface area contributed by atoms with Crippen LogP contribution in [0.1, 0.15) is 51.1 Å². The molecule has 0 fully saturated rings. The second-order valence-electron chi connectivity index (χ2n) is 7.86. The van der Waals surface area contributed by atoms with Crippen LogP contribution in [-0.2, 0) is 4.79 Å². The number of nitrogens with zero attached hydrogens (tertiary/aromatic N) is 3. The summed E-state index contributed by atoms with van der Waals surface area (Å²) in [6.07, 6.45) is 6.02. The van der Waals surface area contributed by atoms with Gasteiger partial charge in [-0.1, -0.05) is 62.6 Å². The first-order chi connectivity index (χ1) is 15.7. The molecule has 0 spiro atoms. The number of hydrogen-bond donors (Lipinski definition) is 2. The van der Waals surface area contributed by atoms with Gasteiger partial charge >= 0.3 is 0 Å². The molecule has 0 radical (unpaired) electrons. The molecule has 0 saturated heterocycles. The molecule has 1 aromatic heterocycles. The molecule has 2 aromatic carbocycles. The number of unbranched alkanes of at least 4 members (excludes halogenated alkanes) is 3. The number of allylic oxidation sites excluding steroid dienone is 1. The molecule has 7 heteroatoms. The highest BCUT2D eigenvalue weighted by Gasteiger charge is 2.35. The van der Waals surface area contributed by atoms with Gasteiger partial charge in [0.25, 0.3) is 5.91 Å². The largest absolute Gasteiger partial charge is 0.493 e. The van der Waals surface area contributed by atoms with Crippen molar-refractivity contribution in [2.24, 2.45) is 0 Å². The van der Waals surface area contributed by atoms with Crippen LogP contribution in [-0.4, -0.2) is 27.3 Å². The quantitative estimate of drug-likeness (QED) is 0.457. The van der Waals surface area contributed by atoms with Crippen LogP contribution in [0.25, 0.3) is 0 Å². The molecule has 32 heavy (non-hydrogen) atoms. The molecule has 1 amide bonds. The highest BCUT2D eigenvalue weighted by Crippen LogP contribution is 2.39. The summed E-state index contributed by atoms with van der Waals surface area (Å²) >= 11 is 0. The highest BCUT2D eigenvalue weighted by molar-refractivity contribution is 6.06. The molecule has 166 valence electrons. The number of anilines is 2. The van der Waals surface area contributed by atoms with Crippen molar-refractivity contribution in [3.63, 3.8) is 0 Å². The van der Waals surface area contributed by atoms with E-state index in [-0.39, 0.29) is 5.91 Å². The Kier molecular flexibility index (Phi) is 6.84. The third kappa shape index (κ3) is 4.66. The summed E-state index contributed by atoms with van der Waals surface area (Å²) in [5, 5.41) is 10.6. The van der Waals surface area contributed by atoms with Crippen LogP contribution in [0.4, 0.5) is 11.6 Å². The predicted molar refractivity (Wildman–Crippen MR) is 126 cm³/mol. The number of rotatable bonds is 9. The normalized spacial score (nSPS) is 15.1. The monoisotopic (exact) mass is 431 g/mol. The molecule has 1 aliphatic rings. The first kappa shape index (κ1) is 21.6. The fraction of sp³-hybridized carbons (Fsp3) is 0.320. The van der Waals surface area contributed by atoms with E-state index in [2.05, 4.69) is 27.6 Å². The summed E-state index contributed by atoms with van der Waals surface area (Å²) in [5.41, 5.74) is 2.94. The van der Waals surface area contributed by atoms with E-state index in [1.165, 1.54) is 19.2 Å². The first-order valence-corrected chi connectivity index (χ1v) is 11.1. The molecule has 3 aromatic rings. The smallest absolute Gasteiger partial charge is 0.255 e. The van der Waals surface area contributed by atoms with Crippen molar-refractivity contribution in [3.05, 3.63) is 77.8 Å². The number of carbonyl (C=O) groups is 1. The number of benzene rings is 2. The fourth-order valence-corrected chi connectivity index (χ4v) is 3.94. The molecule has 1 atom stereocenters. The van der Waals surface area contributed by atoms with Gasteiger partial charge in [0.05, 0.1) is 12.2 Å². The average Bonchev–Trinajstić information content (AvgIpc) is 3.27. The Bertz CT molecular complexity index is 1090. The van der Waals surface area contributed by atoms with Crippen LogP contribution in [0.3, 0.4) is 0 Å². The van der Waals surface area contributed by atoms with E-state index in [0.29, 0.717) is 18.1 Å². The van der Waals surface area contributed by atoms with Gasteiger partial charge in [0.1, 0.15) is 18.1 Å². The van der Waals surface area contributed by atoms with E-state index < -0.39 is 6.04 Å². The van der Waals surface area contributed by atoms with Gasteiger partial charge in [-0.3, -0.25) is 4.79 Å². The number of amides is 1. The summed E-state index contributed by atoms with van der Waals surface area (Å²) in [6, 6.07) is 16.8. The summed E-state index contributed by atoms with van der Waals surface area (Å²) in [6.45, 7) is 4.72. The molecule has 4 rings (SSSR count). The van der Waals surface area contributed by atoms with E-state index in [1.807, 2.05) is 61.5 Å². The number of ether oxygens (including phenoxy) is 1. The Morgan fingerprint density at radius 2 is 1.88 bits per heavy atom. The molecular weight excluding hydrogens is 402 g/mol. The lowest BCUT2D eigenvalue weighted by Crippen LogP contribution is -2.31. The van der Waals surface area contributed by atoms with Crippen molar-refractivity contribution in [1.29, 1.82) is 0 Å². The van der Waals surface area contributed by atoms with Crippen molar-refractivity contribution in [1.82, 2.24) is 14.8 Å². The number of para-hydroxylation sites is 2. The lowest BCUT2D eigenvalue weighted by Gasteiger charge is -2.29. The zero-order chi connectivity index (χ0) is 22.3. The van der Waals surface area contributed by atoms with Crippen molar-refractivity contribution in [3.8, 4) is 5.75 Å². The summed E-state index contributed by atoms with van der Waals surface area (Å²) < 4.78 is 7.92. The minimum Gasteiger partial charge on any atom is -0.493 e. The second-order valence-corrected chi connectivity index (χ2v) is 7.86. The van der Waals surface area contributed by atoms with Crippen LogP contribution in [0.5, 0.6) is 5.75 Å². The number of hydrogen-bond acceptors (Lipinski definition) is 5. The van der Waals surface area contributed by atoms with Crippen LogP contribution in [0, 0.1) is 0 Å². The van der Waals surface area contributed by atoms with Gasteiger partial charge in [0.2, 0.25) is 5.95 Å². The van der Waals surface area contributed by atoms with Gasteiger partial charge < -0.3 is 15.4 Å². The van der Waals surface area contributed by atoms with Gasteiger partial charge in [-0.2, -0.15) is 10.1 Å². The van der Waals surface area contributed by atoms with E-state index in [4.69, 9.17) is 4.74 Å². The van der Waals surface area contributed by atoms with Crippen LogP contribution >= 0.6 is 0 Å². The molecular formula is C25H29N5O2. The van der Waals surface area contributed by atoms with Crippen molar-refractivity contribution < 1.29 is 9.53 Å². The number of nitrogens with one attached hydrogen (secondary N) is 2. The average molecular weight is 432 g/mol. The Morgan fingerprint density at radius 1 is 1.09 bits per heavy atom. The molecule has 7 nitrogen and oxygen atoms in total. The zero-order valence-electron chi connectivity index (χ0n) is 18.5. The number of carbonyl (C=O) groups excluding carboxylic acids is 1. The predicted octanol–water partition coefficient (Wildman–Crippen LogP) is 5.16. The fourth-order valence-electron chi connectivity index (χ4n) is 3.94. The van der Waals surface area contributed by atoms with Crippen molar-refractivity contribution >= 4 is 17.5 Å². The van der Waals surface area contributed by atoms with Gasteiger partial charge in [0, 0.05) is 16.9 Å². The molecule has 1 aliphatic heterocycles. The maximum atomic E-state index is 13.4. The maximum absolute atomic E-state index is 13.4. The minimum atomic E-state index is -0.454. The maximum Gasteiger partial charge on any atom is 0.255 e. The van der Waals surface area contributed by atoms with E-state index in [1.54, 1.807) is 4.68 Å². The molecule has 0 bridgehead atoms. The standard InChI is InChI=1S/C25H29N5O2/c1-3-4-5-11-16-32-21-15-10-9-14-20(21)23-22(18(2)28-25-26-17-27-30(23)25)24(31)29-19-12-7-6-8-13-19/h6-10,12-15,17,23H,3-5,11,16H2,1-2H3,(H,29,31)(H,26,27,28)/t23-/m1/s1. The second kappa shape index (κ2) is 10.1. The van der Waals surface area contributed by atoms with E-state index >= 15 is 0 Å². The van der Waals surface area contributed by atoms with Crippen molar-refractivity contribution in [2.45, 2.75) is 45.6 Å². The van der Waals surface area contributed by atoms with E-state index in [9.17, 15) is 4.79 Å². The van der Waals surface area contributed by atoms with Crippen LogP contribution in [0.2, 0.25) is 0 Å². The molecule has 2 N–H and O–H groups in total. The molecule has 2 heterocycles. The number of aromatic nitrogens is 3. The molecule has 0 aliphatic carbocycles. The SMILES string of the molecule is CCCCCCOc1ccccc1[C@@H]1C(C(=O)Nc2ccccc2)=C(C)Nc2ncnn21. The molecule has 0 saturated carbocycles. The first-order valence-electron chi connectivity index (χ1n) is 11.1. The Labute approximate surface area is 188 Å². The lowest BCUT2D eigenvalue weighted by molar-refractivity contribution is -0.113. The summed E-state index contributed by atoms with van der Waals surface area (Å²) in [5.74, 6) is 1.17. The van der Waals surface area contributed by atoms with Gasteiger partial charge in [0.15, 0.2) is 0 Å². The minimum absolute atomic E-state index is 0.190. The lowest BCUT2D eigenvalue weighted by atomic mass is 9.94. The number of fused-ring (bicyclic) bond motifs is 1. The Hall–Kier alpha value is -3.61. The van der Waals surface area contributed by atoms with Gasteiger partial charge in [-0.05, 0) is 31.5 Å². The zero-order valence-corrected chi connectivity index (χ0v) is 18.5. The van der Waals surface area contributed by atoms with Crippen LogP contribution < -0.4 is 15.4 Å². The Balaban J connectivity index is 1.67. The van der Waals surface area contributed by atoms with Gasteiger partial charge in [-0.25, -0.2) is 4.68 Å². The Morgan fingerprint density at radius 3 is 2.69 bits per heavy atom. The third-order valence-corrected chi connectivity index (χ3v) is 5.54. The highest BCUT2D eigenvalue weighted by atomic mass is 16.5. The van der Waals surface area contributed by atoms with E-state index in [0.717, 1.165) is 35.5 Å². The summed E-state index contributed by atoms with van der Waals surface area (Å²) in [7, 11) is 0. The third-order valence-electron chi connectivity index (χ3n) is 5.54. The topological polar surface area (TPSA) is 81.1 Å². The summed E-state index contributed by atoms with van der Waals surface area (Å²) in [4.78, 5) is 17.7.